The molecular weight excluding hydrogens is 437 g/mol. The lowest BCUT2D eigenvalue weighted by Gasteiger charge is -2.22. The van der Waals surface area contributed by atoms with Gasteiger partial charge in [0.05, 0.1) is 15.6 Å². The molecule has 0 atom stereocenters. The van der Waals surface area contributed by atoms with Crippen molar-refractivity contribution < 1.29 is 0 Å². The van der Waals surface area contributed by atoms with Crippen molar-refractivity contribution in [2.24, 2.45) is 0 Å². The van der Waals surface area contributed by atoms with Gasteiger partial charge >= 0.3 is 0 Å². The lowest BCUT2D eigenvalue weighted by atomic mass is 10.0. The van der Waals surface area contributed by atoms with E-state index in [1.54, 1.807) is 0 Å². The van der Waals surface area contributed by atoms with Crippen molar-refractivity contribution in [1.82, 2.24) is 10.2 Å². The summed E-state index contributed by atoms with van der Waals surface area (Å²) in [6.07, 6.45) is 5.08. The summed E-state index contributed by atoms with van der Waals surface area (Å²) in [5.74, 6) is 0. The molecular formula is C21H24IN3O. The van der Waals surface area contributed by atoms with Crippen LogP contribution >= 0.6 is 22.6 Å². The Hall–Kier alpha value is -1.89. The molecule has 0 aliphatic carbocycles. The highest BCUT2D eigenvalue weighted by Crippen LogP contribution is 2.26. The van der Waals surface area contributed by atoms with Crippen molar-refractivity contribution in [3.63, 3.8) is 0 Å². The molecule has 0 saturated carbocycles. The van der Waals surface area contributed by atoms with E-state index >= 15 is 0 Å². The van der Waals surface area contributed by atoms with Crippen LogP contribution in [-0.4, -0.2) is 21.3 Å². The smallest absolute Gasteiger partial charge is 0.272 e. The topological polar surface area (TPSA) is 49.0 Å². The molecule has 0 saturated heterocycles. The highest BCUT2D eigenvalue weighted by atomic mass is 127. The molecule has 4 nitrogen and oxygen atoms in total. The summed E-state index contributed by atoms with van der Waals surface area (Å²) in [5.41, 5.74) is 2.91. The Morgan fingerprint density at radius 1 is 1.00 bits per heavy atom. The fourth-order valence-corrected chi connectivity index (χ4v) is 3.89. The van der Waals surface area contributed by atoms with Gasteiger partial charge in [0.25, 0.3) is 5.56 Å². The lowest BCUT2D eigenvalue weighted by molar-refractivity contribution is 0.660. The van der Waals surface area contributed by atoms with E-state index in [0.717, 1.165) is 27.7 Å². The zero-order chi connectivity index (χ0) is 18.4. The van der Waals surface area contributed by atoms with Crippen LogP contribution in [0.3, 0.4) is 0 Å². The number of aromatic nitrogens is 2. The molecule has 3 rings (SSSR count). The summed E-state index contributed by atoms with van der Waals surface area (Å²) in [5, 5.41) is 8.46. The van der Waals surface area contributed by atoms with Gasteiger partial charge in [0.1, 0.15) is 0 Å². The number of unbranched alkanes of at least 4 members (excludes halogenated alkanes) is 3. The summed E-state index contributed by atoms with van der Waals surface area (Å²) in [4.78, 5) is 14.4. The Morgan fingerprint density at radius 2 is 1.73 bits per heavy atom. The van der Waals surface area contributed by atoms with Crippen molar-refractivity contribution in [2.45, 2.75) is 32.6 Å². The molecule has 26 heavy (non-hydrogen) atoms. The average Bonchev–Trinajstić information content (AvgIpc) is 2.69. The molecule has 136 valence electrons. The van der Waals surface area contributed by atoms with Crippen molar-refractivity contribution in [3.05, 3.63) is 58.9 Å². The van der Waals surface area contributed by atoms with Gasteiger partial charge in [-0.15, -0.1) is 0 Å². The standard InChI is InChI=1S/C21H24IN3O/c1-2-3-4-7-14-25(15-22)17-12-10-16(11-13-17)20-18-8-5-6-9-19(18)21(26)24-23-20/h5-6,8-13H,2-4,7,14-15H2,1H3,(H,24,26). The normalized spacial score (nSPS) is 11.0. The van der Waals surface area contributed by atoms with Crippen molar-refractivity contribution in [3.8, 4) is 11.3 Å². The lowest BCUT2D eigenvalue weighted by Crippen LogP contribution is -2.22. The minimum absolute atomic E-state index is 0.149. The van der Waals surface area contributed by atoms with Crippen LogP contribution in [-0.2, 0) is 0 Å². The molecule has 0 unspecified atom stereocenters. The maximum absolute atomic E-state index is 12.0. The van der Waals surface area contributed by atoms with Gasteiger partial charge in [-0.25, -0.2) is 5.10 Å². The summed E-state index contributed by atoms with van der Waals surface area (Å²) in [6.45, 7) is 3.32. The molecule has 1 N–H and O–H groups in total. The molecule has 1 heterocycles. The molecule has 0 amide bonds. The van der Waals surface area contributed by atoms with Crippen LogP contribution in [0.1, 0.15) is 32.6 Å². The van der Waals surface area contributed by atoms with Crippen LogP contribution < -0.4 is 10.5 Å². The number of halogens is 1. The van der Waals surface area contributed by atoms with Crippen LogP contribution in [0.25, 0.3) is 22.0 Å². The molecule has 2 aromatic carbocycles. The molecule has 0 bridgehead atoms. The van der Waals surface area contributed by atoms with Crippen LogP contribution in [0.5, 0.6) is 0 Å². The number of nitrogens with zero attached hydrogens (tertiary/aromatic N) is 2. The second-order valence-corrected chi connectivity index (χ2v) is 7.12. The Balaban J connectivity index is 1.84. The number of benzene rings is 2. The number of hydrogen-bond donors (Lipinski definition) is 1. The van der Waals surface area contributed by atoms with Crippen LogP contribution in [0, 0.1) is 0 Å². The molecule has 0 aliphatic rings. The third-order valence-corrected chi connectivity index (χ3v) is 5.45. The maximum Gasteiger partial charge on any atom is 0.272 e. The number of rotatable bonds is 8. The number of nitrogens with one attached hydrogen (secondary N) is 1. The molecule has 0 aliphatic heterocycles. The van der Waals surface area contributed by atoms with Crippen molar-refractivity contribution in [1.29, 1.82) is 0 Å². The number of aromatic amines is 1. The Bertz CT molecular complexity index is 905. The van der Waals surface area contributed by atoms with E-state index in [9.17, 15) is 4.79 Å². The van der Waals surface area contributed by atoms with Crippen LogP contribution in [0.2, 0.25) is 0 Å². The predicted octanol–water partition coefficient (Wildman–Crippen LogP) is 5.37. The quantitative estimate of drug-likeness (QED) is 0.212. The largest absolute Gasteiger partial charge is 0.362 e. The van der Waals surface area contributed by atoms with E-state index in [-0.39, 0.29) is 5.56 Å². The van der Waals surface area contributed by atoms with E-state index in [2.05, 4.69) is 68.9 Å². The number of anilines is 1. The van der Waals surface area contributed by atoms with Gasteiger partial charge in [-0.05, 0) is 24.6 Å². The SMILES string of the molecule is CCCCCCN(CI)c1ccc(-c2n[nH]c(=O)c3ccccc23)cc1. The van der Waals surface area contributed by atoms with Gasteiger partial charge < -0.3 is 4.90 Å². The first-order valence-electron chi connectivity index (χ1n) is 9.13. The van der Waals surface area contributed by atoms with Crippen LogP contribution in [0.15, 0.2) is 53.3 Å². The second-order valence-electron chi connectivity index (χ2n) is 6.44. The summed E-state index contributed by atoms with van der Waals surface area (Å²) in [6, 6.07) is 16.1. The number of hydrogen-bond acceptors (Lipinski definition) is 3. The third-order valence-electron chi connectivity index (χ3n) is 4.63. The van der Waals surface area contributed by atoms with Gasteiger partial charge in [-0.2, -0.15) is 5.10 Å². The van der Waals surface area contributed by atoms with Crippen molar-refractivity contribution >= 4 is 39.1 Å². The first-order valence-corrected chi connectivity index (χ1v) is 10.7. The monoisotopic (exact) mass is 461 g/mol. The summed E-state index contributed by atoms with van der Waals surface area (Å²) in [7, 11) is 0. The fraction of sp³-hybridized carbons (Fsp3) is 0.333. The molecule has 5 heteroatoms. The molecule has 0 fully saturated rings. The number of alkyl halides is 1. The fourth-order valence-electron chi connectivity index (χ4n) is 3.15. The van der Waals surface area contributed by atoms with E-state index < -0.39 is 0 Å². The van der Waals surface area contributed by atoms with Gasteiger partial charge in [0.2, 0.25) is 0 Å². The van der Waals surface area contributed by atoms with E-state index in [1.165, 1.54) is 31.4 Å². The molecule has 3 aromatic rings. The zero-order valence-electron chi connectivity index (χ0n) is 15.0. The van der Waals surface area contributed by atoms with Crippen molar-refractivity contribution in [2.75, 3.05) is 16.0 Å². The molecule has 0 radical (unpaired) electrons. The Labute approximate surface area is 167 Å². The minimum Gasteiger partial charge on any atom is -0.362 e. The van der Waals surface area contributed by atoms with E-state index in [4.69, 9.17) is 0 Å². The highest BCUT2D eigenvalue weighted by molar-refractivity contribution is 14.1. The first kappa shape index (κ1) is 18.9. The third kappa shape index (κ3) is 4.26. The highest BCUT2D eigenvalue weighted by Gasteiger charge is 2.10. The molecule has 0 spiro atoms. The van der Waals surface area contributed by atoms with E-state index in [1.807, 2.05) is 24.3 Å². The molecule has 1 aromatic heterocycles. The van der Waals surface area contributed by atoms with Crippen LogP contribution in [0.4, 0.5) is 5.69 Å². The van der Waals surface area contributed by atoms with Gasteiger partial charge in [0, 0.05) is 23.2 Å². The zero-order valence-corrected chi connectivity index (χ0v) is 17.2. The Kier molecular flexibility index (Phi) is 6.66. The number of fused-ring (bicyclic) bond motifs is 1. The van der Waals surface area contributed by atoms with Gasteiger partial charge in [0.15, 0.2) is 0 Å². The first-order chi connectivity index (χ1) is 12.7. The Morgan fingerprint density at radius 3 is 2.42 bits per heavy atom. The maximum atomic E-state index is 12.0. The van der Waals surface area contributed by atoms with Gasteiger partial charge in [-0.1, -0.05) is 79.1 Å². The average molecular weight is 461 g/mol. The number of H-pyrrole nitrogens is 1. The second kappa shape index (κ2) is 9.16. The van der Waals surface area contributed by atoms with E-state index in [0.29, 0.717) is 5.39 Å². The predicted molar refractivity (Wildman–Crippen MR) is 118 cm³/mol. The minimum atomic E-state index is -0.149. The van der Waals surface area contributed by atoms with Gasteiger partial charge in [-0.3, -0.25) is 4.79 Å². The summed E-state index contributed by atoms with van der Waals surface area (Å²) >= 11 is 2.42. The summed E-state index contributed by atoms with van der Waals surface area (Å²) < 4.78 is 0.975.